The number of rotatable bonds is 5. The van der Waals surface area contributed by atoms with E-state index in [1.54, 1.807) is 34.8 Å². The molecule has 1 amide bonds. The molecular formula is C19H23F3N4O3. The molecule has 7 nitrogen and oxygen atoms in total. The molecule has 1 aliphatic heterocycles. The van der Waals surface area contributed by atoms with Gasteiger partial charge in [0.15, 0.2) is 5.69 Å². The second-order valence-corrected chi connectivity index (χ2v) is 7.11. The van der Waals surface area contributed by atoms with E-state index in [1.165, 1.54) is 0 Å². The van der Waals surface area contributed by atoms with Gasteiger partial charge in [0, 0.05) is 39.3 Å². The highest BCUT2D eigenvalue weighted by Gasteiger charge is 2.40. The van der Waals surface area contributed by atoms with Gasteiger partial charge in [0.25, 0.3) is 5.91 Å². The number of nitrogens with zero attached hydrogens (tertiary/aromatic N) is 4. The number of hydrogen-bond donors (Lipinski definition) is 0. The van der Waals surface area contributed by atoms with E-state index in [0.29, 0.717) is 23.3 Å². The Morgan fingerprint density at radius 2 is 2.03 bits per heavy atom. The highest BCUT2D eigenvalue weighted by Crippen LogP contribution is 2.32. The molecule has 1 saturated heterocycles. The summed E-state index contributed by atoms with van der Waals surface area (Å²) in [6.07, 6.45) is 0.893. The average Bonchev–Trinajstić information content (AvgIpc) is 3.26. The summed E-state index contributed by atoms with van der Waals surface area (Å²) in [5.74, 6) is -1.17. The molecule has 1 atom stereocenters. The number of likely N-dealkylation sites (tertiary alicyclic amines) is 1. The van der Waals surface area contributed by atoms with Crippen molar-refractivity contribution in [3.05, 3.63) is 41.5 Å². The van der Waals surface area contributed by atoms with Gasteiger partial charge in [-0.1, -0.05) is 0 Å². The van der Waals surface area contributed by atoms with Crippen LogP contribution in [0.3, 0.4) is 0 Å². The summed E-state index contributed by atoms with van der Waals surface area (Å²) in [6.45, 7) is 0.524. The van der Waals surface area contributed by atoms with Crippen LogP contribution >= 0.6 is 0 Å². The zero-order valence-electron chi connectivity index (χ0n) is 16.3. The van der Waals surface area contributed by atoms with Crippen molar-refractivity contribution in [3.63, 3.8) is 0 Å². The predicted octanol–water partition coefficient (Wildman–Crippen LogP) is 3.02. The quantitative estimate of drug-likeness (QED) is 0.708. The first-order chi connectivity index (χ1) is 13.7. The predicted molar refractivity (Wildman–Crippen MR) is 97.2 cm³/mol. The highest BCUT2D eigenvalue weighted by molar-refractivity contribution is 5.93. The van der Waals surface area contributed by atoms with E-state index in [4.69, 9.17) is 4.74 Å². The number of esters is 1. The number of aryl methyl sites for hydroxylation is 2. The first kappa shape index (κ1) is 20.9. The standard InChI is InChI=1S/C19H23F3N4O3/c1-24-9-5-7-15(24)17(27)26-10-4-3-6-13(26)8-11-29-18(28)14-12-23-25(2)16(14)19(20,21)22/h5,7,9,12-13H,3-4,6,8,10-11H2,1-2H3. The molecule has 0 bridgehead atoms. The Morgan fingerprint density at radius 3 is 2.69 bits per heavy atom. The molecule has 0 radical (unpaired) electrons. The minimum Gasteiger partial charge on any atom is -0.462 e. The number of ether oxygens (including phenoxy) is 1. The van der Waals surface area contributed by atoms with Crippen LogP contribution in [0.25, 0.3) is 0 Å². The maximum absolute atomic E-state index is 13.1. The number of piperidine rings is 1. The summed E-state index contributed by atoms with van der Waals surface area (Å²) in [7, 11) is 2.91. The number of carbonyl (C=O) groups excluding carboxylic acids is 2. The van der Waals surface area contributed by atoms with E-state index in [0.717, 1.165) is 32.5 Å². The van der Waals surface area contributed by atoms with E-state index in [9.17, 15) is 22.8 Å². The summed E-state index contributed by atoms with van der Waals surface area (Å²) < 4.78 is 46.8. The van der Waals surface area contributed by atoms with Gasteiger partial charge < -0.3 is 14.2 Å². The Morgan fingerprint density at radius 1 is 1.28 bits per heavy atom. The first-order valence-electron chi connectivity index (χ1n) is 9.38. The van der Waals surface area contributed by atoms with Crippen molar-refractivity contribution in [1.82, 2.24) is 19.2 Å². The van der Waals surface area contributed by atoms with Crippen LogP contribution < -0.4 is 0 Å². The lowest BCUT2D eigenvalue weighted by atomic mass is 9.99. The number of aromatic nitrogens is 3. The van der Waals surface area contributed by atoms with E-state index in [2.05, 4.69) is 5.10 Å². The third kappa shape index (κ3) is 4.46. The van der Waals surface area contributed by atoms with Crippen LogP contribution in [0, 0.1) is 0 Å². The zero-order valence-corrected chi connectivity index (χ0v) is 16.3. The van der Waals surface area contributed by atoms with E-state index < -0.39 is 23.4 Å². The molecule has 2 aromatic rings. The fourth-order valence-corrected chi connectivity index (χ4v) is 3.69. The first-order valence-corrected chi connectivity index (χ1v) is 9.38. The fraction of sp³-hybridized carbons (Fsp3) is 0.526. The van der Waals surface area contributed by atoms with Gasteiger partial charge in [-0.3, -0.25) is 9.48 Å². The summed E-state index contributed by atoms with van der Waals surface area (Å²) in [5, 5.41) is 3.51. The second kappa shape index (κ2) is 8.30. The van der Waals surface area contributed by atoms with E-state index >= 15 is 0 Å². The van der Waals surface area contributed by atoms with Crippen molar-refractivity contribution in [2.24, 2.45) is 14.1 Å². The summed E-state index contributed by atoms with van der Waals surface area (Å²) in [4.78, 5) is 26.7. The molecular weight excluding hydrogens is 389 g/mol. The molecule has 0 N–H and O–H groups in total. The smallest absolute Gasteiger partial charge is 0.433 e. The molecule has 158 valence electrons. The number of hydrogen-bond acceptors (Lipinski definition) is 4. The highest BCUT2D eigenvalue weighted by atomic mass is 19.4. The van der Waals surface area contributed by atoms with Gasteiger partial charge in [-0.15, -0.1) is 0 Å². The SMILES string of the molecule is Cn1cccc1C(=O)N1CCCCC1CCOC(=O)c1cnn(C)c1C(F)(F)F. The lowest BCUT2D eigenvalue weighted by Crippen LogP contribution is -2.44. The van der Waals surface area contributed by atoms with E-state index in [1.807, 2.05) is 0 Å². The van der Waals surface area contributed by atoms with Crippen molar-refractivity contribution < 1.29 is 27.5 Å². The largest absolute Gasteiger partial charge is 0.462 e. The molecule has 0 saturated carbocycles. The minimum absolute atomic E-state index is 0.0768. The monoisotopic (exact) mass is 412 g/mol. The van der Waals surface area contributed by atoms with Crippen molar-refractivity contribution in [2.45, 2.75) is 37.9 Å². The molecule has 10 heteroatoms. The molecule has 3 rings (SSSR count). The van der Waals surface area contributed by atoms with Crippen LogP contribution in [-0.4, -0.2) is 50.3 Å². The molecule has 2 aromatic heterocycles. The van der Waals surface area contributed by atoms with Gasteiger partial charge in [-0.05, 0) is 31.4 Å². The normalized spacial score (nSPS) is 17.4. The number of alkyl halides is 3. The zero-order chi connectivity index (χ0) is 21.2. The number of amides is 1. The van der Waals surface area contributed by atoms with Crippen LogP contribution in [0.2, 0.25) is 0 Å². The molecule has 0 aliphatic carbocycles. The maximum atomic E-state index is 13.1. The average molecular weight is 412 g/mol. The lowest BCUT2D eigenvalue weighted by Gasteiger charge is -2.35. The van der Waals surface area contributed by atoms with Crippen LogP contribution in [0.4, 0.5) is 13.2 Å². The molecule has 0 spiro atoms. The van der Waals surface area contributed by atoms with Crippen molar-refractivity contribution in [1.29, 1.82) is 0 Å². The molecule has 1 unspecified atom stereocenters. The number of halogens is 3. The Labute approximate surface area is 166 Å². The molecule has 29 heavy (non-hydrogen) atoms. The topological polar surface area (TPSA) is 69.4 Å². The van der Waals surface area contributed by atoms with Gasteiger partial charge in [0.05, 0.1) is 12.8 Å². The van der Waals surface area contributed by atoms with Crippen LogP contribution in [-0.2, 0) is 25.0 Å². The van der Waals surface area contributed by atoms with Crippen LogP contribution in [0.15, 0.2) is 24.5 Å². The molecule has 1 fully saturated rings. The molecule has 3 heterocycles. The van der Waals surface area contributed by atoms with Gasteiger partial charge >= 0.3 is 12.1 Å². The van der Waals surface area contributed by atoms with Crippen molar-refractivity contribution >= 4 is 11.9 Å². The second-order valence-electron chi connectivity index (χ2n) is 7.11. The van der Waals surface area contributed by atoms with Crippen LogP contribution in [0.1, 0.15) is 52.2 Å². The summed E-state index contributed by atoms with van der Waals surface area (Å²) >= 11 is 0. The lowest BCUT2D eigenvalue weighted by molar-refractivity contribution is -0.144. The maximum Gasteiger partial charge on any atom is 0.433 e. The fourth-order valence-electron chi connectivity index (χ4n) is 3.69. The van der Waals surface area contributed by atoms with Crippen LogP contribution in [0.5, 0.6) is 0 Å². The van der Waals surface area contributed by atoms with Gasteiger partial charge in [0.1, 0.15) is 11.3 Å². The minimum atomic E-state index is -4.71. The van der Waals surface area contributed by atoms with Crippen molar-refractivity contribution in [3.8, 4) is 0 Å². The van der Waals surface area contributed by atoms with Gasteiger partial charge in [-0.2, -0.15) is 18.3 Å². The molecule has 1 aliphatic rings. The van der Waals surface area contributed by atoms with Gasteiger partial charge in [0.2, 0.25) is 0 Å². The van der Waals surface area contributed by atoms with Crippen molar-refractivity contribution in [2.75, 3.05) is 13.2 Å². The molecule has 0 aromatic carbocycles. The third-order valence-corrected chi connectivity index (χ3v) is 5.16. The Balaban J connectivity index is 1.62. The van der Waals surface area contributed by atoms with E-state index in [-0.39, 0.29) is 18.6 Å². The summed E-state index contributed by atoms with van der Waals surface area (Å²) in [5.41, 5.74) is -1.18. The Hall–Kier alpha value is -2.78. The Kier molecular flexibility index (Phi) is 5.99. The van der Waals surface area contributed by atoms with Gasteiger partial charge in [-0.25, -0.2) is 4.79 Å². The summed E-state index contributed by atoms with van der Waals surface area (Å²) in [6, 6.07) is 3.41. The third-order valence-electron chi connectivity index (χ3n) is 5.16. The Bertz CT molecular complexity index is 888. The number of carbonyl (C=O) groups is 2.